The van der Waals surface area contributed by atoms with Gasteiger partial charge < -0.3 is 5.32 Å². The first-order chi connectivity index (χ1) is 4.70. The Labute approximate surface area is 72.4 Å². The molecule has 3 heteroatoms. The highest BCUT2D eigenvalue weighted by Gasteiger charge is 1.96. The van der Waals surface area contributed by atoms with Crippen LogP contribution in [0.3, 0.4) is 0 Å². The molecule has 0 spiro atoms. The average molecular weight is 182 g/mol. The number of rotatable bonds is 4. The van der Waals surface area contributed by atoms with E-state index in [2.05, 4.69) is 19.2 Å². The van der Waals surface area contributed by atoms with Crippen molar-refractivity contribution in [2.24, 2.45) is 0 Å². The predicted molar refractivity (Wildman–Crippen MR) is 47.5 cm³/mol. The molecule has 0 aromatic carbocycles. The monoisotopic (exact) mass is 181 g/mol. The number of nitrogens with one attached hydrogen (secondary N) is 1. The zero-order valence-electron chi connectivity index (χ0n) is 6.32. The first-order valence-electron chi connectivity index (χ1n) is 3.38. The second-order valence-electron chi connectivity index (χ2n) is 2.25. The van der Waals surface area contributed by atoms with E-state index in [0.29, 0.717) is 17.6 Å². The molecule has 0 radical (unpaired) electrons. The number of hydrogen-bond acceptors (Lipinski definition) is 1. The van der Waals surface area contributed by atoms with Crippen LogP contribution in [0.25, 0.3) is 0 Å². The lowest BCUT2D eigenvalue weighted by atomic mass is 10.3. The molecule has 0 aliphatic carbocycles. The Hall–Kier alpha value is 0.280. The van der Waals surface area contributed by atoms with E-state index in [1.807, 2.05) is 0 Å². The largest absolute Gasteiger partial charge is 0.309 e. The first-order valence-corrected chi connectivity index (χ1v) is 4.20. The van der Waals surface area contributed by atoms with Crippen molar-refractivity contribution in [1.29, 1.82) is 0 Å². The number of halogens is 2. The van der Waals surface area contributed by atoms with Crippen molar-refractivity contribution < 1.29 is 0 Å². The van der Waals surface area contributed by atoms with Gasteiger partial charge in [0.25, 0.3) is 0 Å². The van der Waals surface area contributed by atoms with Crippen LogP contribution in [-0.2, 0) is 0 Å². The summed E-state index contributed by atoms with van der Waals surface area (Å²) in [5.41, 5.74) is 1.39. The molecule has 1 N–H and O–H groups in total. The first kappa shape index (κ1) is 10.3. The van der Waals surface area contributed by atoms with Crippen LogP contribution in [0.1, 0.15) is 20.3 Å². The van der Waals surface area contributed by atoms with Gasteiger partial charge in [-0.1, -0.05) is 30.1 Å². The Morgan fingerprint density at radius 3 is 2.70 bits per heavy atom. The van der Waals surface area contributed by atoms with Crippen LogP contribution in [0.4, 0.5) is 0 Å². The van der Waals surface area contributed by atoms with E-state index in [1.165, 1.54) is 5.54 Å². The minimum absolute atomic E-state index is 0.505. The lowest BCUT2D eigenvalue weighted by Crippen LogP contribution is -2.26. The second kappa shape index (κ2) is 6.02. The molecule has 1 unspecified atom stereocenters. The van der Waals surface area contributed by atoms with E-state index in [9.17, 15) is 0 Å². The van der Waals surface area contributed by atoms with Gasteiger partial charge in [-0.2, -0.15) is 0 Å². The summed E-state index contributed by atoms with van der Waals surface area (Å²) in [4.78, 5) is 0. The van der Waals surface area contributed by atoms with E-state index in [4.69, 9.17) is 23.2 Å². The fourth-order valence-electron chi connectivity index (χ4n) is 0.455. The van der Waals surface area contributed by atoms with Crippen molar-refractivity contribution in [3.8, 4) is 0 Å². The molecular formula is C7H13Cl2N. The van der Waals surface area contributed by atoms with Crippen molar-refractivity contribution in [1.82, 2.24) is 5.32 Å². The fraction of sp³-hybridized carbons (Fsp3) is 0.714. The Morgan fingerprint density at radius 1 is 1.70 bits per heavy atom. The molecule has 0 aromatic heterocycles. The van der Waals surface area contributed by atoms with Crippen LogP contribution >= 0.6 is 23.2 Å². The van der Waals surface area contributed by atoms with Crippen LogP contribution in [0.2, 0.25) is 0 Å². The molecule has 0 saturated carbocycles. The zero-order chi connectivity index (χ0) is 7.98. The Kier molecular flexibility index (Phi) is 6.19. The maximum absolute atomic E-state index is 5.63. The predicted octanol–water partition coefficient (Wildman–Crippen LogP) is 2.69. The van der Waals surface area contributed by atoms with Gasteiger partial charge in [0, 0.05) is 23.2 Å². The van der Waals surface area contributed by atoms with Crippen LogP contribution in [0.15, 0.2) is 10.6 Å². The molecule has 0 rings (SSSR count). The third-order valence-corrected chi connectivity index (χ3v) is 1.97. The van der Waals surface area contributed by atoms with E-state index in [1.54, 1.807) is 0 Å². The molecule has 0 saturated heterocycles. The topological polar surface area (TPSA) is 12.0 Å². The van der Waals surface area contributed by atoms with Gasteiger partial charge in [0.1, 0.15) is 0 Å². The molecule has 0 bridgehead atoms. The van der Waals surface area contributed by atoms with Crippen LogP contribution < -0.4 is 5.32 Å². The summed E-state index contributed by atoms with van der Waals surface area (Å²) in [6.07, 6.45) is 1.10. The molecule has 10 heavy (non-hydrogen) atoms. The van der Waals surface area contributed by atoms with Gasteiger partial charge in [0.2, 0.25) is 0 Å². The maximum atomic E-state index is 5.63. The Bertz CT molecular complexity index is 112. The van der Waals surface area contributed by atoms with Gasteiger partial charge in [-0.15, -0.1) is 0 Å². The average Bonchev–Trinajstić information content (AvgIpc) is 1.99. The summed E-state index contributed by atoms with van der Waals surface area (Å²) >= 11 is 11.0. The summed E-state index contributed by atoms with van der Waals surface area (Å²) in [5.74, 6) is 0. The molecular weight excluding hydrogens is 169 g/mol. The summed E-state index contributed by atoms with van der Waals surface area (Å²) in [6.45, 7) is 4.90. The Morgan fingerprint density at radius 2 is 2.30 bits per heavy atom. The molecule has 1 nitrogen and oxygen atoms in total. The van der Waals surface area contributed by atoms with Gasteiger partial charge in [-0.25, -0.2) is 0 Å². The summed E-state index contributed by atoms with van der Waals surface area (Å²) in [6, 6.07) is 0.505. The zero-order valence-corrected chi connectivity index (χ0v) is 7.84. The standard InChI is InChI=1S/C7H13Cl2N/c1-3-6(2)10-5-7(9)4-8/h4,6,10H,3,5H2,1-2H3. The summed E-state index contributed by atoms with van der Waals surface area (Å²) in [5, 5.41) is 3.85. The molecule has 1 atom stereocenters. The van der Waals surface area contributed by atoms with Crippen LogP contribution in [-0.4, -0.2) is 12.6 Å². The van der Waals surface area contributed by atoms with Crippen molar-refractivity contribution >= 4 is 23.2 Å². The minimum Gasteiger partial charge on any atom is -0.309 e. The van der Waals surface area contributed by atoms with Crippen molar-refractivity contribution in [3.63, 3.8) is 0 Å². The third kappa shape index (κ3) is 5.10. The lowest BCUT2D eigenvalue weighted by molar-refractivity contribution is 0.565. The highest BCUT2D eigenvalue weighted by atomic mass is 35.5. The Balaban J connectivity index is 3.35. The van der Waals surface area contributed by atoms with Crippen molar-refractivity contribution in [2.75, 3.05) is 6.54 Å². The van der Waals surface area contributed by atoms with Crippen molar-refractivity contribution in [3.05, 3.63) is 10.6 Å². The van der Waals surface area contributed by atoms with Gasteiger partial charge in [0.15, 0.2) is 0 Å². The third-order valence-electron chi connectivity index (χ3n) is 1.35. The molecule has 0 amide bonds. The highest BCUT2D eigenvalue weighted by molar-refractivity contribution is 6.36. The molecule has 60 valence electrons. The molecule has 0 heterocycles. The number of hydrogen-bond donors (Lipinski definition) is 1. The molecule has 0 fully saturated rings. The normalized spacial score (nSPS) is 15.4. The summed E-state index contributed by atoms with van der Waals surface area (Å²) < 4.78 is 0. The maximum Gasteiger partial charge on any atom is 0.0431 e. The highest BCUT2D eigenvalue weighted by Crippen LogP contribution is 2.01. The van der Waals surface area contributed by atoms with E-state index < -0.39 is 0 Å². The van der Waals surface area contributed by atoms with Gasteiger partial charge >= 0.3 is 0 Å². The minimum atomic E-state index is 0.505. The smallest absolute Gasteiger partial charge is 0.0431 e. The van der Waals surface area contributed by atoms with Gasteiger partial charge in [-0.05, 0) is 13.3 Å². The van der Waals surface area contributed by atoms with E-state index in [0.717, 1.165) is 6.42 Å². The summed E-state index contributed by atoms with van der Waals surface area (Å²) in [7, 11) is 0. The van der Waals surface area contributed by atoms with Crippen molar-refractivity contribution in [2.45, 2.75) is 26.3 Å². The second-order valence-corrected chi connectivity index (χ2v) is 2.95. The molecule has 0 aliphatic rings. The molecule has 0 aliphatic heterocycles. The quantitative estimate of drug-likeness (QED) is 0.704. The lowest BCUT2D eigenvalue weighted by Gasteiger charge is -2.09. The van der Waals surface area contributed by atoms with Gasteiger partial charge in [0.05, 0.1) is 0 Å². The van der Waals surface area contributed by atoms with Gasteiger partial charge in [-0.3, -0.25) is 0 Å². The van der Waals surface area contributed by atoms with Crippen LogP contribution in [0.5, 0.6) is 0 Å². The van der Waals surface area contributed by atoms with E-state index >= 15 is 0 Å². The van der Waals surface area contributed by atoms with Crippen LogP contribution in [0, 0.1) is 0 Å². The fourth-order valence-corrected chi connectivity index (χ4v) is 0.609. The molecule has 0 aromatic rings. The van der Waals surface area contributed by atoms with E-state index in [-0.39, 0.29) is 0 Å². The SMILES string of the molecule is CCC(C)NCC(Cl)=CCl.